The Hall–Kier alpha value is -0.360. The maximum Gasteiger partial charge on any atom is 0.0596 e. The fourth-order valence-corrected chi connectivity index (χ4v) is 23.7. The molecule has 9 N–H and O–H groups in total. The summed E-state index contributed by atoms with van der Waals surface area (Å²) in [4.78, 5) is 0. The second-order valence-corrected chi connectivity index (χ2v) is 43.2. The summed E-state index contributed by atoms with van der Waals surface area (Å²) in [6, 6.07) is 0. The number of rotatable bonds is 31. The summed E-state index contributed by atoms with van der Waals surface area (Å²) in [5, 5.41) is 88.6. The minimum Gasteiger partial charge on any atom is -0.393 e. The second kappa shape index (κ2) is 68.8. The molecule has 9 heteroatoms. The fraction of sp³-hybridized carbons (Fsp3) is 1.00. The Morgan fingerprint density at radius 3 is 0.991 bits per heavy atom. The highest BCUT2D eigenvalue weighted by Crippen LogP contribution is 2.43. The van der Waals surface area contributed by atoms with Gasteiger partial charge in [0.05, 0.1) is 54.9 Å². The largest absolute Gasteiger partial charge is 0.393 e. The molecule has 9 fully saturated rings. The lowest BCUT2D eigenvalue weighted by Crippen LogP contribution is -2.33. The van der Waals surface area contributed by atoms with Crippen molar-refractivity contribution in [2.24, 2.45) is 136 Å². The molecule has 9 rings (SSSR count). The molecule has 9 aliphatic carbocycles. The van der Waals surface area contributed by atoms with E-state index >= 15 is 0 Å². The standard InChI is InChI=1S/9C12H24O/c1-4-11-8-10(7-9(2)3)5-6-12(11)13;1-4-11-6-5-10(7-9(2)3)8-12(11)13;1-4-10-5-6-12(13)11(8-10)7-9(2)3;1-4-11-10(8-9(2)3)6-5-7-12(11)13;1-4-10-6-5-7-11(12(10)13)8-9(2)3;1-3-5-7-11-9-6-8-10(4-2)12(11)13;1-3-5-6-10-7-8-11(4-2)12(13)9-10;1-3-5-6-11-9-12(13)8-7-10(11)4-2;1-3-5-6-11-9-10(4-2)7-8-12(11)13/h5*9-13H,4-8H2,1-3H3;4*10-13H,3-9H2,1-2H3. The first-order valence-corrected chi connectivity index (χ1v) is 52.9. The number of aliphatic hydroxyl groups is 9. The Bertz CT molecular complexity index is 2170. The number of hydrogen-bond acceptors (Lipinski definition) is 9. The molecule has 0 spiro atoms. The maximum atomic E-state index is 10.1. The van der Waals surface area contributed by atoms with Crippen LogP contribution in [0.1, 0.15) is 500 Å². The topological polar surface area (TPSA) is 182 Å². The van der Waals surface area contributed by atoms with Crippen molar-refractivity contribution >= 4 is 0 Å². The summed E-state index contributed by atoms with van der Waals surface area (Å²) in [7, 11) is 0. The van der Waals surface area contributed by atoms with Gasteiger partial charge in [-0.3, -0.25) is 0 Å². The Labute approximate surface area is 732 Å². The third-order valence-corrected chi connectivity index (χ3v) is 31.3. The summed E-state index contributed by atoms with van der Waals surface area (Å²) < 4.78 is 0. The number of unbranched alkanes of at least 4 members (excludes halogenated alkanes) is 4. The zero-order valence-electron chi connectivity index (χ0n) is 83.0. The van der Waals surface area contributed by atoms with Gasteiger partial charge in [0.2, 0.25) is 0 Å². The van der Waals surface area contributed by atoms with E-state index in [1.165, 1.54) is 250 Å². The molecule has 0 radical (unpaired) electrons. The van der Waals surface area contributed by atoms with Crippen LogP contribution in [0.5, 0.6) is 0 Å². The highest BCUT2D eigenvalue weighted by atomic mass is 16.3. The molecular formula is C108H216O9. The summed E-state index contributed by atoms with van der Waals surface area (Å²) in [5.41, 5.74) is 0. The van der Waals surface area contributed by atoms with Gasteiger partial charge >= 0.3 is 0 Å². The average Bonchev–Trinajstić information content (AvgIpc) is 0.851. The molecule has 0 heterocycles. The monoisotopic (exact) mass is 1660 g/mol. The van der Waals surface area contributed by atoms with Crippen LogP contribution in [0.3, 0.4) is 0 Å². The predicted molar refractivity (Wildman–Crippen MR) is 510 cm³/mol. The van der Waals surface area contributed by atoms with Crippen LogP contribution in [0.25, 0.3) is 0 Å². The molecule has 9 aliphatic rings. The Kier molecular flexibility index (Phi) is 67.4. The van der Waals surface area contributed by atoms with E-state index in [0.29, 0.717) is 59.2 Å². The van der Waals surface area contributed by atoms with E-state index in [1.807, 2.05) is 0 Å². The molecule has 9 saturated carbocycles. The lowest BCUT2D eigenvalue weighted by atomic mass is 9.72. The summed E-state index contributed by atoms with van der Waals surface area (Å²) >= 11 is 0. The van der Waals surface area contributed by atoms with Crippen molar-refractivity contribution in [3.63, 3.8) is 0 Å². The van der Waals surface area contributed by atoms with Crippen molar-refractivity contribution in [1.82, 2.24) is 0 Å². The first-order chi connectivity index (χ1) is 55.8. The van der Waals surface area contributed by atoms with Crippen molar-refractivity contribution in [3.05, 3.63) is 0 Å². The molecule has 0 aromatic rings. The average molecular weight is 1660 g/mol. The molecule has 702 valence electrons. The highest BCUT2D eigenvalue weighted by Gasteiger charge is 2.37. The SMILES string of the molecule is CCC1C(O)CCCC1CC(C)C.CCC1CC(CC(C)C)CCC1O.CCC1CCC(CC(C)C)CC1O.CCC1CCC(O)C(CC(C)C)C1.CCC1CCCC(CC(C)C)C1O.CCCCC1CC(CC)CCC1O.CCCCC1CC(O)CCC1CC.CCCCC1CCC(CC)C(O)C1.CCCCC1CCCC(CC)C1O. The third kappa shape index (κ3) is 49.5. The van der Waals surface area contributed by atoms with Gasteiger partial charge in [-0.05, 0) is 335 Å². The first kappa shape index (κ1) is 115. The predicted octanol–water partition coefficient (Wildman–Crippen LogP) is 29.6. The molecule has 0 aromatic heterocycles. The van der Waals surface area contributed by atoms with Crippen molar-refractivity contribution in [3.8, 4) is 0 Å². The zero-order valence-corrected chi connectivity index (χ0v) is 83.0. The van der Waals surface area contributed by atoms with Crippen LogP contribution in [-0.2, 0) is 0 Å². The van der Waals surface area contributed by atoms with Crippen LogP contribution < -0.4 is 0 Å². The first-order valence-electron chi connectivity index (χ1n) is 52.9. The number of aliphatic hydroxyl groups excluding tert-OH is 9. The molecule has 0 amide bonds. The van der Waals surface area contributed by atoms with E-state index in [-0.39, 0.29) is 54.9 Å². The van der Waals surface area contributed by atoms with Gasteiger partial charge in [-0.1, -0.05) is 301 Å². The number of hydrogen-bond donors (Lipinski definition) is 9. The lowest BCUT2D eigenvalue weighted by Gasteiger charge is -2.36. The van der Waals surface area contributed by atoms with Gasteiger partial charge in [0, 0.05) is 0 Å². The Morgan fingerprint density at radius 2 is 0.538 bits per heavy atom. The van der Waals surface area contributed by atoms with E-state index in [9.17, 15) is 46.0 Å². The van der Waals surface area contributed by atoms with Crippen LogP contribution in [-0.4, -0.2) is 101 Å². The van der Waals surface area contributed by atoms with Crippen LogP contribution in [0.15, 0.2) is 0 Å². The summed E-state index contributed by atoms with van der Waals surface area (Å²) in [6.45, 7) is 51.7. The van der Waals surface area contributed by atoms with Gasteiger partial charge in [0.15, 0.2) is 0 Å². The molecule has 0 bridgehead atoms. The van der Waals surface area contributed by atoms with Crippen molar-refractivity contribution in [1.29, 1.82) is 0 Å². The normalized spacial score (nSPS) is 35.1. The van der Waals surface area contributed by atoms with Crippen molar-refractivity contribution in [2.75, 3.05) is 0 Å². The van der Waals surface area contributed by atoms with Gasteiger partial charge in [0.1, 0.15) is 0 Å². The van der Waals surface area contributed by atoms with E-state index in [2.05, 4.69) is 159 Å². The summed E-state index contributed by atoms with van der Waals surface area (Å²) in [5.74, 6) is 16.5. The quantitative estimate of drug-likeness (QED) is 0.0326. The second-order valence-electron chi connectivity index (χ2n) is 43.2. The third-order valence-electron chi connectivity index (χ3n) is 31.3. The lowest BCUT2D eigenvalue weighted by molar-refractivity contribution is 0.00739. The van der Waals surface area contributed by atoms with E-state index < -0.39 is 0 Å². The van der Waals surface area contributed by atoms with Crippen LogP contribution >= 0.6 is 0 Å². The van der Waals surface area contributed by atoms with Crippen molar-refractivity contribution < 1.29 is 46.0 Å². The zero-order chi connectivity index (χ0) is 88.0. The van der Waals surface area contributed by atoms with E-state index in [1.54, 1.807) is 0 Å². The highest BCUT2D eigenvalue weighted by molar-refractivity contribution is 4.88. The molecular weight excluding hydrogens is 1440 g/mol. The summed E-state index contributed by atoms with van der Waals surface area (Å²) in [6.07, 6.45) is 65.3. The van der Waals surface area contributed by atoms with Gasteiger partial charge in [0.25, 0.3) is 0 Å². The van der Waals surface area contributed by atoms with Gasteiger partial charge < -0.3 is 46.0 Å². The van der Waals surface area contributed by atoms with E-state index in [4.69, 9.17) is 0 Å². The maximum absolute atomic E-state index is 10.1. The van der Waals surface area contributed by atoms with Crippen LogP contribution in [0.2, 0.25) is 0 Å². The minimum absolute atomic E-state index is 0.000561. The fourth-order valence-electron chi connectivity index (χ4n) is 23.7. The Balaban J connectivity index is 0.000000658. The van der Waals surface area contributed by atoms with Gasteiger partial charge in [-0.15, -0.1) is 0 Å². The van der Waals surface area contributed by atoms with Gasteiger partial charge in [-0.25, -0.2) is 0 Å². The minimum atomic E-state index is -0.0128. The molecule has 27 atom stereocenters. The molecule has 27 unspecified atom stereocenters. The molecule has 117 heavy (non-hydrogen) atoms. The van der Waals surface area contributed by atoms with E-state index in [0.717, 1.165) is 167 Å². The van der Waals surface area contributed by atoms with Crippen molar-refractivity contribution in [2.45, 2.75) is 554 Å². The van der Waals surface area contributed by atoms with Crippen LogP contribution in [0.4, 0.5) is 0 Å². The smallest absolute Gasteiger partial charge is 0.0596 e. The van der Waals surface area contributed by atoms with Crippen LogP contribution in [0, 0.1) is 136 Å². The Morgan fingerprint density at radius 1 is 0.205 bits per heavy atom. The molecule has 0 aliphatic heterocycles. The molecule has 0 saturated heterocycles. The van der Waals surface area contributed by atoms with Gasteiger partial charge in [-0.2, -0.15) is 0 Å². The molecule has 0 aromatic carbocycles. The molecule has 9 nitrogen and oxygen atoms in total.